The summed E-state index contributed by atoms with van der Waals surface area (Å²) in [6.07, 6.45) is -2.27. The van der Waals surface area contributed by atoms with Gasteiger partial charge in [-0.1, -0.05) is 19.1 Å². The number of halogens is 3. The number of benzene rings is 1. The van der Waals surface area contributed by atoms with Crippen molar-refractivity contribution in [1.29, 1.82) is 0 Å². The van der Waals surface area contributed by atoms with E-state index in [1.165, 1.54) is 21.9 Å². The SMILES string of the molecule is CCc1ccc(C(c2ccc(C(F)(F)F)cc2)N2CCCNCC2)s1. The molecule has 0 aliphatic carbocycles. The Bertz CT molecular complexity index is 671. The summed E-state index contributed by atoms with van der Waals surface area (Å²) in [5, 5.41) is 3.39. The third kappa shape index (κ3) is 4.43. The number of nitrogens with one attached hydrogen (secondary N) is 1. The van der Waals surface area contributed by atoms with Gasteiger partial charge >= 0.3 is 6.18 Å². The van der Waals surface area contributed by atoms with Crippen LogP contribution in [-0.2, 0) is 12.6 Å². The Morgan fingerprint density at radius 1 is 1.08 bits per heavy atom. The highest BCUT2D eigenvalue weighted by Gasteiger charge is 2.31. The van der Waals surface area contributed by atoms with Gasteiger partial charge in [0.25, 0.3) is 0 Å². The van der Waals surface area contributed by atoms with Gasteiger partial charge in [0.05, 0.1) is 11.6 Å². The van der Waals surface area contributed by atoms with Crippen molar-refractivity contribution in [3.05, 3.63) is 57.3 Å². The maximum absolute atomic E-state index is 12.9. The van der Waals surface area contributed by atoms with Crippen molar-refractivity contribution < 1.29 is 13.2 Å². The van der Waals surface area contributed by atoms with Crippen molar-refractivity contribution in [2.75, 3.05) is 26.2 Å². The van der Waals surface area contributed by atoms with Crippen molar-refractivity contribution >= 4 is 11.3 Å². The molecule has 1 aromatic carbocycles. The smallest absolute Gasteiger partial charge is 0.315 e. The second-order valence-electron chi connectivity index (χ2n) is 6.32. The number of nitrogens with zero attached hydrogens (tertiary/aromatic N) is 1. The second kappa shape index (κ2) is 7.89. The van der Waals surface area contributed by atoms with Crippen LogP contribution < -0.4 is 5.32 Å². The quantitative estimate of drug-likeness (QED) is 0.840. The predicted molar refractivity (Wildman–Crippen MR) is 96.0 cm³/mol. The lowest BCUT2D eigenvalue weighted by atomic mass is 10.0. The Hall–Kier alpha value is -1.37. The van der Waals surface area contributed by atoms with Crippen molar-refractivity contribution in [1.82, 2.24) is 10.2 Å². The number of aryl methyl sites for hydroxylation is 1. The van der Waals surface area contributed by atoms with E-state index in [0.717, 1.165) is 44.6 Å². The third-order valence-electron chi connectivity index (χ3n) is 4.59. The lowest BCUT2D eigenvalue weighted by molar-refractivity contribution is -0.137. The maximum atomic E-state index is 12.9. The summed E-state index contributed by atoms with van der Waals surface area (Å²) < 4.78 is 38.7. The first-order chi connectivity index (χ1) is 12.0. The van der Waals surface area contributed by atoms with Crippen LogP contribution in [0.4, 0.5) is 13.2 Å². The molecule has 1 aliphatic rings. The van der Waals surface area contributed by atoms with E-state index in [2.05, 4.69) is 29.3 Å². The second-order valence-corrected chi connectivity index (χ2v) is 7.52. The molecule has 0 spiro atoms. The Labute approximate surface area is 150 Å². The molecule has 1 atom stereocenters. The molecule has 1 saturated heterocycles. The van der Waals surface area contributed by atoms with Crippen LogP contribution in [0.1, 0.15) is 40.3 Å². The Kier molecular flexibility index (Phi) is 5.81. The molecule has 1 aromatic heterocycles. The van der Waals surface area contributed by atoms with Crippen LogP contribution >= 0.6 is 11.3 Å². The van der Waals surface area contributed by atoms with Crippen molar-refractivity contribution in [2.45, 2.75) is 32.0 Å². The molecule has 25 heavy (non-hydrogen) atoms. The highest BCUT2D eigenvalue weighted by atomic mass is 32.1. The van der Waals surface area contributed by atoms with Gasteiger partial charge in [0.2, 0.25) is 0 Å². The number of hydrogen-bond acceptors (Lipinski definition) is 3. The van der Waals surface area contributed by atoms with E-state index in [4.69, 9.17) is 0 Å². The van der Waals surface area contributed by atoms with Gasteiger partial charge < -0.3 is 5.32 Å². The first-order valence-corrected chi connectivity index (χ1v) is 9.51. The standard InChI is InChI=1S/C19H23F3N2S/c1-2-16-8-9-17(25-16)18(24-12-3-10-23-11-13-24)14-4-6-15(7-5-14)19(20,21)22/h4-9,18,23H,2-3,10-13H2,1H3. The summed E-state index contributed by atoms with van der Waals surface area (Å²) >= 11 is 1.76. The number of thiophene rings is 1. The van der Waals surface area contributed by atoms with E-state index in [1.54, 1.807) is 23.5 Å². The van der Waals surface area contributed by atoms with E-state index in [-0.39, 0.29) is 6.04 Å². The van der Waals surface area contributed by atoms with Crippen LogP contribution in [0, 0.1) is 0 Å². The summed E-state index contributed by atoms with van der Waals surface area (Å²) in [5.74, 6) is 0. The maximum Gasteiger partial charge on any atom is 0.416 e. The minimum atomic E-state index is -4.29. The molecular formula is C19H23F3N2S. The zero-order chi connectivity index (χ0) is 17.9. The minimum Gasteiger partial charge on any atom is -0.315 e. The van der Waals surface area contributed by atoms with E-state index < -0.39 is 11.7 Å². The first kappa shape index (κ1) is 18.4. The van der Waals surface area contributed by atoms with Crippen LogP contribution in [0.2, 0.25) is 0 Å². The predicted octanol–water partition coefficient (Wildman–Crippen LogP) is 4.71. The highest BCUT2D eigenvalue weighted by molar-refractivity contribution is 7.12. The Morgan fingerprint density at radius 2 is 1.84 bits per heavy atom. The fourth-order valence-electron chi connectivity index (χ4n) is 3.27. The summed E-state index contributed by atoms with van der Waals surface area (Å²) in [6.45, 7) is 5.85. The molecule has 0 bridgehead atoms. The minimum absolute atomic E-state index is 0.0208. The van der Waals surface area contributed by atoms with E-state index in [0.29, 0.717) is 0 Å². The molecule has 136 valence electrons. The van der Waals surface area contributed by atoms with Gasteiger partial charge in [0.1, 0.15) is 0 Å². The third-order valence-corrected chi connectivity index (χ3v) is 5.88. The molecule has 0 amide bonds. The van der Waals surface area contributed by atoms with E-state index >= 15 is 0 Å². The van der Waals surface area contributed by atoms with Crippen LogP contribution in [0.15, 0.2) is 36.4 Å². The summed E-state index contributed by atoms with van der Waals surface area (Å²) in [5.41, 5.74) is 0.340. The van der Waals surface area contributed by atoms with Crippen LogP contribution in [0.3, 0.4) is 0 Å². The van der Waals surface area contributed by atoms with Gasteiger partial charge in [-0.05, 0) is 49.2 Å². The fraction of sp³-hybridized carbons (Fsp3) is 0.474. The van der Waals surface area contributed by atoms with Gasteiger partial charge in [0.15, 0.2) is 0 Å². The molecule has 3 rings (SSSR count). The van der Waals surface area contributed by atoms with E-state index in [1.807, 2.05) is 0 Å². The number of rotatable bonds is 4. The lowest BCUT2D eigenvalue weighted by Crippen LogP contribution is -2.32. The Morgan fingerprint density at radius 3 is 2.48 bits per heavy atom. The van der Waals surface area contributed by atoms with Gasteiger partial charge in [-0.25, -0.2) is 0 Å². The lowest BCUT2D eigenvalue weighted by Gasteiger charge is -2.30. The van der Waals surface area contributed by atoms with Crippen molar-refractivity contribution in [3.8, 4) is 0 Å². The van der Waals surface area contributed by atoms with Gasteiger partial charge in [-0.15, -0.1) is 11.3 Å². The monoisotopic (exact) mass is 368 g/mol. The molecule has 2 aromatic rings. The molecule has 6 heteroatoms. The van der Waals surface area contributed by atoms with E-state index in [9.17, 15) is 13.2 Å². The summed E-state index contributed by atoms with van der Waals surface area (Å²) in [6, 6.07) is 9.96. The molecule has 2 heterocycles. The molecular weight excluding hydrogens is 345 g/mol. The number of alkyl halides is 3. The van der Waals surface area contributed by atoms with Crippen LogP contribution in [-0.4, -0.2) is 31.1 Å². The molecule has 1 N–H and O–H groups in total. The zero-order valence-corrected chi connectivity index (χ0v) is 15.1. The topological polar surface area (TPSA) is 15.3 Å². The average molecular weight is 368 g/mol. The van der Waals surface area contributed by atoms with Crippen molar-refractivity contribution in [3.63, 3.8) is 0 Å². The molecule has 1 unspecified atom stereocenters. The van der Waals surface area contributed by atoms with Gasteiger partial charge in [0, 0.05) is 29.4 Å². The summed E-state index contributed by atoms with van der Waals surface area (Å²) in [7, 11) is 0. The normalized spacial score (nSPS) is 18.1. The fourth-order valence-corrected chi connectivity index (χ4v) is 4.38. The van der Waals surface area contributed by atoms with Gasteiger partial charge in [-0.2, -0.15) is 13.2 Å². The largest absolute Gasteiger partial charge is 0.416 e. The van der Waals surface area contributed by atoms with Gasteiger partial charge in [-0.3, -0.25) is 4.90 Å². The summed E-state index contributed by atoms with van der Waals surface area (Å²) in [4.78, 5) is 4.90. The van der Waals surface area contributed by atoms with Crippen LogP contribution in [0.5, 0.6) is 0 Å². The average Bonchev–Trinajstić information content (AvgIpc) is 2.90. The Balaban J connectivity index is 1.95. The number of hydrogen-bond donors (Lipinski definition) is 1. The molecule has 1 aliphatic heterocycles. The highest BCUT2D eigenvalue weighted by Crippen LogP contribution is 2.36. The molecule has 1 fully saturated rings. The molecule has 0 radical (unpaired) electrons. The van der Waals surface area contributed by atoms with Crippen LogP contribution in [0.25, 0.3) is 0 Å². The zero-order valence-electron chi connectivity index (χ0n) is 14.3. The first-order valence-electron chi connectivity index (χ1n) is 8.69. The molecule has 0 saturated carbocycles. The molecule has 2 nitrogen and oxygen atoms in total. The van der Waals surface area contributed by atoms with Crippen molar-refractivity contribution in [2.24, 2.45) is 0 Å².